The quantitative estimate of drug-likeness (QED) is 0.672. The lowest BCUT2D eigenvalue weighted by atomic mass is 9.95. The lowest BCUT2D eigenvalue weighted by Gasteiger charge is -2.54. The highest BCUT2D eigenvalue weighted by Gasteiger charge is 2.67. The summed E-state index contributed by atoms with van der Waals surface area (Å²) in [6.07, 6.45) is 0. The summed E-state index contributed by atoms with van der Waals surface area (Å²) in [6.45, 7) is 7.68. The molecule has 0 aromatic heterocycles. The molecule has 0 aromatic rings. The van der Waals surface area contributed by atoms with Crippen LogP contribution in [0.1, 0.15) is 20.8 Å². The average Bonchev–Trinajstić information content (AvgIpc) is 2.36. The van der Waals surface area contributed by atoms with Crippen LogP contribution < -0.4 is 0 Å². The van der Waals surface area contributed by atoms with Gasteiger partial charge >= 0.3 is 5.97 Å². The van der Waals surface area contributed by atoms with Crippen molar-refractivity contribution < 1.29 is 22.7 Å². The van der Waals surface area contributed by atoms with Crippen LogP contribution in [0.2, 0.25) is 0 Å². The molecule has 2 atom stereocenters. The van der Waals surface area contributed by atoms with Crippen LogP contribution in [0, 0.1) is 0 Å². The van der Waals surface area contributed by atoms with Gasteiger partial charge < -0.3 is 9.47 Å². The summed E-state index contributed by atoms with van der Waals surface area (Å²) >= 11 is 0. The molecule has 2 aliphatic rings. The van der Waals surface area contributed by atoms with E-state index in [4.69, 9.17) is 9.47 Å². The van der Waals surface area contributed by atoms with Gasteiger partial charge in [0.25, 0.3) is 0 Å². The first-order valence-corrected chi connectivity index (χ1v) is 8.10. The van der Waals surface area contributed by atoms with Crippen molar-refractivity contribution in [1.29, 1.82) is 0 Å². The van der Waals surface area contributed by atoms with Crippen molar-refractivity contribution in [2.24, 2.45) is 0 Å². The van der Waals surface area contributed by atoms with Gasteiger partial charge in [-0.3, -0.25) is 9.69 Å². The van der Waals surface area contributed by atoms with E-state index in [1.807, 2.05) is 4.90 Å². The Kier molecular flexibility index (Phi) is 3.90. The Balaban J connectivity index is 2.25. The minimum absolute atomic E-state index is 0.196. The second-order valence-electron chi connectivity index (χ2n) is 5.41. The predicted molar refractivity (Wildman–Crippen MR) is 69.6 cm³/mol. The zero-order chi connectivity index (χ0) is 14.3. The maximum absolute atomic E-state index is 12.3. The van der Waals surface area contributed by atoms with Crippen molar-refractivity contribution in [2.45, 2.75) is 36.8 Å². The molecule has 0 amide bonds. The van der Waals surface area contributed by atoms with Gasteiger partial charge in [0.2, 0.25) is 0 Å². The number of ether oxygens (including phenoxy) is 2. The van der Waals surface area contributed by atoms with Crippen LogP contribution in [0.3, 0.4) is 0 Å². The van der Waals surface area contributed by atoms with Gasteiger partial charge in [-0.05, 0) is 20.8 Å². The number of carbonyl (C=O) groups excluding carboxylic acids is 1. The Bertz CT molecular complexity index is 453. The molecule has 2 heterocycles. The molecule has 0 spiro atoms. The van der Waals surface area contributed by atoms with Gasteiger partial charge in [-0.25, -0.2) is 8.42 Å². The van der Waals surface area contributed by atoms with Crippen LogP contribution in [-0.4, -0.2) is 68.2 Å². The van der Waals surface area contributed by atoms with E-state index in [1.165, 1.54) is 0 Å². The zero-order valence-corrected chi connectivity index (χ0v) is 12.4. The van der Waals surface area contributed by atoms with E-state index in [-0.39, 0.29) is 12.6 Å². The normalized spacial score (nSPS) is 33.4. The molecule has 2 rings (SSSR count). The highest BCUT2D eigenvalue weighted by molar-refractivity contribution is 7.95. The molecule has 6 nitrogen and oxygen atoms in total. The lowest BCUT2D eigenvalue weighted by Crippen LogP contribution is -2.75. The van der Waals surface area contributed by atoms with E-state index < -0.39 is 25.8 Å². The first-order chi connectivity index (χ1) is 8.84. The van der Waals surface area contributed by atoms with Crippen molar-refractivity contribution in [1.82, 2.24) is 4.90 Å². The Morgan fingerprint density at radius 1 is 1.37 bits per heavy atom. The van der Waals surface area contributed by atoms with Crippen LogP contribution in [0.5, 0.6) is 0 Å². The van der Waals surface area contributed by atoms with Crippen LogP contribution in [-0.2, 0) is 24.1 Å². The molecule has 2 aliphatic heterocycles. The fraction of sp³-hybridized carbons (Fsp3) is 0.917. The summed E-state index contributed by atoms with van der Waals surface area (Å²) in [5, 5.41) is -1.06. The minimum Gasteiger partial charge on any atom is -0.465 e. The molecule has 0 N–H and O–H groups in total. The monoisotopic (exact) mass is 291 g/mol. The molecule has 0 aromatic carbocycles. The maximum Gasteiger partial charge on any atom is 0.326 e. The summed E-state index contributed by atoms with van der Waals surface area (Å²) in [6, 6.07) is -0.319. The van der Waals surface area contributed by atoms with Gasteiger partial charge in [0.1, 0.15) is 0 Å². The largest absolute Gasteiger partial charge is 0.465 e. The maximum atomic E-state index is 12.3. The van der Waals surface area contributed by atoms with Gasteiger partial charge in [-0.2, -0.15) is 0 Å². The fourth-order valence-electron chi connectivity index (χ4n) is 2.92. The molecule has 110 valence electrons. The Hall–Kier alpha value is -0.660. The molecule has 0 bridgehead atoms. The molecule has 0 radical (unpaired) electrons. The van der Waals surface area contributed by atoms with Crippen LogP contribution in [0.15, 0.2) is 0 Å². The number of nitrogens with zero attached hydrogens (tertiary/aromatic N) is 1. The molecule has 0 saturated carbocycles. The van der Waals surface area contributed by atoms with E-state index in [0.29, 0.717) is 26.3 Å². The molecule has 19 heavy (non-hydrogen) atoms. The van der Waals surface area contributed by atoms with Crippen LogP contribution in [0.4, 0.5) is 0 Å². The standard InChI is InChI=1S/C12H21NO5S/c1-4-18-11(14)9-10(12(2,3)19(9,15)16)13-5-7-17-8-6-13/h9-10H,4-8H2,1-3H3. The number of hydrogen-bond donors (Lipinski definition) is 0. The third-order valence-corrected chi connectivity index (χ3v) is 6.85. The van der Waals surface area contributed by atoms with Crippen LogP contribution >= 0.6 is 0 Å². The zero-order valence-electron chi connectivity index (χ0n) is 11.6. The number of rotatable bonds is 3. The third kappa shape index (κ3) is 2.17. The van der Waals surface area contributed by atoms with E-state index >= 15 is 0 Å². The van der Waals surface area contributed by atoms with E-state index in [0.717, 1.165) is 0 Å². The Labute approximate surface area is 114 Å². The van der Waals surface area contributed by atoms with Crippen LogP contribution in [0.25, 0.3) is 0 Å². The number of morpholine rings is 1. The van der Waals surface area contributed by atoms with E-state index in [2.05, 4.69) is 0 Å². The number of esters is 1. The molecule has 2 saturated heterocycles. The molecule has 2 unspecified atom stereocenters. The van der Waals surface area contributed by atoms with Crippen molar-refractivity contribution in [3.63, 3.8) is 0 Å². The van der Waals surface area contributed by atoms with Gasteiger partial charge in [-0.15, -0.1) is 0 Å². The lowest BCUT2D eigenvalue weighted by molar-refractivity contribution is -0.146. The third-order valence-electron chi connectivity index (χ3n) is 4.02. The van der Waals surface area contributed by atoms with Gasteiger partial charge in [0.15, 0.2) is 15.1 Å². The van der Waals surface area contributed by atoms with Crippen molar-refractivity contribution in [3.8, 4) is 0 Å². The van der Waals surface area contributed by atoms with E-state index in [9.17, 15) is 13.2 Å². The second-order valence-corrected chi connectivity index (χ2v) is 8.06. The first-order valence-electron chi connectivity index (χ1n) is 6.56. The molecular formula is C12H21NO5S. The number of sulfone groups is 1. The molecular weight excluding hydrogens is 270 g/mol. The summed E-state index contributed by atoms with van der Waals surface area (Å²) < 4.78 is 33.8. The average molecular weight is 291 g/mol. The van der Waals surface area contributed by atoms with Gasteiger partial charge in [-0.1, -0.05) is 0 Å². The second kappa shape index (κ2) is 5.03. The summed E-state index contributed by atoms with van der Waals surface area (Å²) in [5.74, 6) is -0.627. The SMILES string of the molecule is CCOC(=O)C1C(N2CCOCC2)C(C)(C)S1(=O)=O. The van der Waals surface area contributed by atoms with Gasteiger partial charge in [0, 0.05) is 13.1 Å². The molecule has 0 aliphatic carbocycles. The summed E-state index contributed by atoms with van der Waals surface area (Å²) in [5.41, 5.74) is 0. The van der Waals surface area contributed by atoms with Gasteiger partial charge in [0.05, 0.1) is 30.6 Å². The first kappa shape index (κ1) is 14.7. The number of hydrogen-bond acceptors (Lipinski definition) is 6. The molecule has 7 heteroatoms. The fourth-order valence-corrected chi connectivity index (χ4v) is 5.15. The summed E-state index contributed by atoms with van der Waals surface area (Å²) in [7, 11) is -3.48. The smallest absolute Gasteiger partial charge is 0.326 e. The Morgan fingerprint density at radius 3 is 2.47 bits per heavy atom. The minimum atomic E-state index is -3.48. The van der Waals surface area contributed by atoms with E-state index in [1.54, 1.807) is 20.8 Å². The number of carbonyl (C=O) groups is 1. The highest BCUT2D eigenvalue weighted by atomic mass is 32.2. The summed E-state index contributed by atoms with van der Waals surface area (Å²) in [4.78, 5) is 14.0. The predicted octanol–water partition coefficient (Wildman–Crippen LogP) is -0.174. The van der Waals surface area contributed by atoms with Crippen molar-refractivity contribution in [2.75, 3.05) is 32.9 Å². The van der Waals surface area contributed by atoms with Crippen molar-refractivity contribution in [3.05, 3.63) is 0 Å². The highest BCUT2D eigenvalue weighted by Crippen LogP contribution is 2.44. The Morgan fingerprint density at radius 2 is 1.95 bits per heavy atom. The van der Waals surface area contributed by atoms with Crippen molar-refractivity contribution >= 4 is 15.8 Å². The molecule has 2 fully saturated rings. The topological polar surface area (TPSA) is 72.9 Å².